The van der Waals surface area contributed by atoms with Gasteiger partial charge >= 0.3 is 0 Å². The minimum atomic E-state index is -0.387. The van der Waals surface area contributed by atoms with E-state index in [2.05, 4.69) is 10.6 Å². The first-order valence-electron chi connectivity index (χ1n) is 9.12. The summed E-state index contributed by atoms with van der Waals surface area (Å²) in [7, 11) is 0. The van der Waals surface area contributed by atoms with Gasteiger partial charge in [0.1, 0.15) is 0 Å². The van der Waals surface area contributed by atoms with E-state index < -0.39 is 0 Å². The number of carbonyl (C=O) groups is 3. The zero-order valence-electron chi connectivity index (χ0n) is 15.6. The Morgan fingerprint density at radius 3 is 2.64 bits per heavy atom. The fourth-order valence-electron chi connectivity index (χ4n) is 3.21. The van der Waals surface area contributed by atoms with E-state index in [4.69, 9.17) is 11.6 Å². The smallest absolute Gasteiger partial charge is 0.227 e. The summed E-state index contributed by atoms with van der Waals surface area (Å²) in [5.41, 5.74) is 2.38. The van der Waals surface area contributed by atoms with Crippen molar-refractivity contribution in [2.75, 3.05) is 23.3 Å². The number of carbonyl (C=O) groups excluding carboxylic acids is 3. The molecule has 0 bridgehead atoms. The molecule has 1 fully saturated rings. The van der Waals surface area contributed by atoms with Crippen LogP contribution in [0.5, 0.6) is 0 Å². The predicted molar refractivity (Wildman–Crippen MR) is 109 cm³/mol. The first-order chi connectivity index (χ1) is 13.4. The summed E-state index contributed by atoms with van der Waals surface area (Å²) in [6.45, 7) is 2.26. The fraction of sp³-hybridized carbons (Fsp3) is 0.286. The Kier molecular flexibility index (Phi) is 6.31. The van der Waals surface area contributed by atoms with E-state index in [0.29, 0.717) is 35.9 Å². The molecule has 0 spiro atoms. The maximum absolute atomic E-state index is 12.5. The number of anilines is 2. The van der Waals surface area contributed by atoms with Crippen LogP contribution in [0.2, 0.25) is 5.02 Å². The molecule has 1 aliphatic heterocycles. The summed E-state index contributed by atoms with van der Waals surface area (Å²) in [4.78, 5) is 37.7. The first-order valence-corrected chi connectivity index (χ1v) is 9.50. The predicted octanol–water partition coefficient (Wildman–Crippen LogP) is 3.01. The van der Waals surface area contributed by atoms with Crippen LogP contribution in [-0.2, 0) is 20.8 Å². The zero-order valence-corrected chi connectivity index (χ0v) is 16.3. The summed E-state index contributed by atoms with van der Waals surface area (Å²) < 4.78 is 0. The molecule has 0 saturated carbocycles. The van der Waals surface area contributed by atoms with Gasteiger partial charge in [0.15, 0.2) is 0 Å². The second kappa shape index (κ2) is 8.89. The molecule has 146 valence electrons. The Balaban J connectivity index is 1.55. The highest BCUT2D eigenvalue weighted by Crippen LogP contribution is 2.27. The van der Waals surface area contributed by atoms with Crippen molar-refractivity contribution in [3.05, 3.63) is 59.1 Å². The highest BCUT2D eigenvalue weighted by atomic mass is 35.5. The number of benzene rings is 2. The van der Waals surface area contributed by atoms with Crippen molar-refractivity contribution in [1.29, 1.82) is 0 Å². The molecular formula is C21H22ClN3O3. The van der Waals surface area contributed by atoms with E-state index >= 15 is 0 Å². The van der Waals surface area contributed by atoms with E-state index in [1.54, 1.807) is 29.2 Å². The normalized spacial score (nSPS) is 16.1. The van der Waals surface area contributed by atoms with E-state index in [1.165, 1.54) is 6.92 Å². The van der Waals surface area contributed by atoms with Gasteiger partial charge in [0.2, 0.25) is 17.7 Å². The van der Waals surface area contributed by atoms with E-state index in [-0.39, 0.29) is 30.1 Å². The molecule has 0 radical (unpaired) electrons. The van der Waals surface area contributed by atoms with Crippen LogP contribution in [0.3, 0.4) is 0 Å². The maximum atomic E-state index is 12.5. The Bertz CT molecular complexity index is 883. The van der Waals surface area contributed by atoms with Gasteiger partial charge in [-0.15, -0.1) is 0 Å². The van der Waals surface area contributed by atoms with Crippen molar-refractivity contribution in [2.24, 2.45) is 5.92 Å². The average Bonchev–Trinajstić information content (AvgIpc) is 3.05. The summed E-state index contributed by atoms with van der Waals surface area (Å²) in [5, 5.41) is 6.29. The van der Waals surface area contributed by atoms with Gasteiger partial charge < -0.3 is 15.5 Å². The number of amides is 3. The van der Waals surface area contributed by atoms with Gasteiger partial charge in [0, 0.05) is 42.8 Å². The monoisotopic (exact) mass is 399 g/mol. The summed E-state index contributed by atoms with van der Waals surface area (Å²) >= 11 is 5.87. The van der Waals surface area contributed by atoms with Crippen LogP contribution in [0, 0.1) is 5.92 Å². The quantitative estimate of drug-likeness (QED) is 0.783. The molecule has 6 nitrogen and oxygen atoms in total. The van der Waals surface area contributed by atoms with Crippen molar-refractivity contribution in [1.82, 2.24) is 5.32 Å². The van der Waals surface area contributed by atoms with Crippen LogP contribution in [0.15, 0.2) is 48.5 Å². The third kappa shape index (κ3) is 5.10. The van der Waals surface area contributed by atoms with Crippen LogP contribution in [-0.4, -0.2) is 30.8 Å². The van der Waals surface area contributed by atoms with Crippen molar-refractivity contribution < 1.29 is 14.4 Å². The lowest BCUT2D eigenvalue weighted by Crippen LogP contribution is -2.34. The second-order valence-electron chi connectivity index (χ2n) is 6.80. The number of nitrogens with zero attached hydrogens (tertiary/aromatic N) is 1. The Hall–Kier alpha value is -2.86. The van der Waals surface area contributed by atoms with Gasteiger partial charge in [-0.1, -0.05) is 29.8 Å². The van der Waals surface area contributed by atoms with E-state index in [1.807, 2.05) is 24.3 Å². The van der Waals surface area contributed by atoms with Crippen LogP contribution in [0.1, 0.15) is 18.9 Å². The molecule has 3 amide bonds. The van der Waals surface area contributed by atoms with Crippen molar-refractivity contribution >= 4 is 40.7 Å². The van der Waals surface area contributed by atoms with Crippen LogP contribution in [0.4, 0.5) is 11.4 Å². The molecule has 1 aliphatic rings. The van der Waals surface area contributed by atoms with Gasteiger partial charge in [-0.2, -0.15) is 0 Å². The third-order valence-corrected chi connectivity index (χ3v) is 4.85. The number of rotatable bonds is 6. The minimum Gasteiger partial charge on any atom is -0.355 e. The topological polar surface area (TPSA) is 78.5 Å². The molecule has 2 aromatic rings. The molecule has 0 aliphatic carbocycles. The molecule has 2 N–H and O–H groups in total. The minimum absolute atomic E-state index is 0.0992. The van der Waals surface area contributed by atoms with Gasteiger partial charge in [0.05, 0.1) is 5.92 Å². The molecule has 7 heteroatoms. The molecule has 2 aromatic carbocycles. The first kappa shape index (κ1) is 19.9. The van der Waals surface area contributed by atoms with Gasteiger partial charge in [-0.3, -0.25) is 14.4 Å². The van der Waals surface area contributed by atoms with Crippen LogP contribution >= 0.6 is 11.6 Å². The van der Waals surface area contributed by atoms with Crippen LogP contribution in [0.25, 0.3) is 0 Å². The zero-order chi connectivity index (χ0) is 20.1. The summed E-state index contributed by atoms with van der Waals surface area (Å²) in [5.74, 6) is -0.786. The van der Waals surface area contributed by atoms with E-state index in [9.17, 15) is 14.4 Å². The lowest BCUT2D eigenvalue weighted by molar-refractivity contribution is -0.126. The Morgan fingerprint density at radius 1 is 1.18 bits per heavy atom. The molecule has 0 aromatic heterocycles. The number of hydrogen-bond acceptors (Lipinski definition) is 3. The van der Waals surface area contributed by atoms with Crippen molar-refractivity contribution in [2.45, 2.75) is 19.8 Å². The lowest BCUT2D eigenvalue weighted by atomic mass is 10.1. The highest BCUT2D eigenvalue weighted by Gasteiger charge is 2.35. The third-order valence-electron chi connectivity index (χ3n) is 4.60. The van der Waals surface area contributed by atoms with Gasteiger partial charge in [0.25, 0.3) is 0 Å². The number of halogens is 1. The SMILES string of the molecule is CC(=O)Nc1cccc(N2C[C@@H](C(=O)NCCc3ccc(Cl)cc3)CC2=O)c1. The maximum Gasteiger partial charge on any atom is 0.227 e. The van der Waals surface area contributed by atoms with E-state index in [0.717, 1.165) is 5.56 Å². The molecule has 3 rings (SSSR count). The van der Waals surface area contributed by atoms with Gasteiger partial charge in [-0.05, 0) is 42.3 Å². The molecule has 1 atom stereocenters. The largest absolute Gasteiger partial charge is 0.355 e. The molecule has 1 heterocycles. The van der Waals surface area contributed by atoms with Crippen molar-refractivity contribution in [3.63, 3.8) is 0 Å². The summed E-state index contributed by atoms with van der Waals surface area (Å²) in [6.07, 6.45) is 0.878. The molecular weight excluding hydrogens is 378 g/mol. The number of nitrogens with one attached hydrogen (secondary N) is 2. The standard InChI is InChI=1S/C21H22ClN3O3/c1-14(26)24-18-3-2-4-19(12-18)25-13-16(11-20(25)27)21(28)23-10-9-15-5-7-17(22)8-6-15/h2-8,12,16H,9-11,13H2,1H3,(H,23,28)(H,24,26)/t16-/m0/s1. The Labute approximate surface area is 168 Å². The molecule has 28 heavy (non-hydrogen) atoms. The van der Waals surface area contributed by atoms with Gasteiger partial charge in [-0.25, -0.2) is 0 Å². The number of hydrogen-bond donors (Lipinski definition) is 2. The second-order valence-corrected chi connectivity index (χ2v) is 7.24. The molecule has 0 unspecified atom stereocenters. The average molecular weight is 400 g/mol. The highest BCUT2D eigenvalue weighted by molar-refractivity contribution is 6.30. The van der Waals surface area contributed by atoms with Crippen molar-refractivity contribution in [3.8, 4) is 0 Å². The fourth-order valence-corrected chi connectivity index (χ4v) is 3.34. The lowest BCUT2D eigenvalue weighted by Gasteiger charge is -2.18. The molecule has 1 saturated heterocycles. The summed E-state index contributed by atoms with van der Waals surface area (Å²) in [6, 6.07) is 14.6. The Morgan fingerprint density at radius 2 is 1.93 bits per heavy atom. The van der Waals surface area contributed by atoms with Crippen LogP contribution < -0.4 is 15.5 Å².